The first kappa shape index (κ1) is 12.2. The molecule has 4 heteroatoms. The minimum Gasteiger partial charge on any atom is -0.438 e. The Bertz CT molecular complexity index is 917. The number of nitriles is 1. The topological polar surface area (TPSA) is 64.0 Å². The van der Waals surface area contributed by atoms with E-state index in [4.69, 9.17) is 15.1 Å². The van der Waals surface area contributed by atoms with E-state index in [1.807, 2.05) is 43.3 Å². The van der Waals surface area contributed by atoms with Crippen molar-refractivity contribution in [1.29, 1.82) is 10.7 Å². The third-order valence-corrected chi connectivity index (χ3v) is 3.35. The highest BCUT2D eigenvalue weighted by molar-refractivity contribution is 5.97. The molecule has 0 radical (unpaired) electrons. The van der Waals surface area contributed by atoms with E-state index in [9.17, 15) is 0 Å². The Labute approximate surface area is 116 Å². The molecule has 0 aliphatic carbocycles. The van der Waals surface area contributed by atoms with Crippen LogP contribution in [0.2, 0.25) is 0 Å². The number of nitrogens with zero attached hydrogens (tertiary/aromatic N) is 2. The van der Waals surface area contributed by atoms with Gasteiger partial charge >= 0.3 is 0 Å². The number of hydrogen-bond acceptors (Lipinski definition) is 4. The molecule has 3 aromatic rings. The van der Waals surface area contributed by atoms with E-state index in [2.05, 4.69) is 12.1 Å². The van der Waals surface area contributed by atoms with E-state index < -0.39 is 0 Å². The Hall–Kier alpha value is -2.80. The predicted molar refractivity (Wildman–Crippen MR) is 78.6 cm³/mol. The van der Waals surface area contributed by atoms with Crippen LogP contribution in [0.1, 0.15) is 5.56 Å². The number of rotatable bonds is 1. The number of nitrogens with one attached hydrogen (secondary N) is 1. The zero-order chi connectivity index (χ0) is 14.3. The Morgan fingerprint density at radius 3 is 2.55 bits per heavy atom. The van der Waals surface area contributed by atoms with Crippen molar-refractivity contribution in [3.05, 3.63) is 47.5 Å². The third kappa shape index (κ3) is 1.90. The van der Waals surface area contributed by atoms with Crippen LogP contribution < -0.4 is 10.5 Å². The summed E-state index contributed by atoms with van der Waals surface area (Å²) < 4.78 is 5.42. The van der Waals surface area contributed by atoms with Crippen LogP contribution in [0.5, 0.6) is 0 Å². The number of anilines is 1. The van der Waals surface area contributed by atoms with Crippen molar-refractivity contribution >= 4 is 27.4 Å². The van der Waals surface area contributed by atoms with Crippen LogP contribution in [0.3, 0.4) is 0 Å². The van der Waals surface area contributed by atoms with Gasteiger partial charge in [-0.15, -0.1) is 0 Å². The molecule has 2 aromatic carbocycles. The quantitative estimate of drug-likeness (QED) is 0.686. The van der Waals surface area contributed by atoms with Gasteiger partial charge in [0.05, 0.1) is 0 Å². The lowest BCUT2D eigenvalue weighted by atomic mass is 10.1. The molecule has 1 N–H and O–H groups in total. The second-order valence-corrected chi connectivity index (χ2v) is 4.92. The van der Waals surface area contributed by atoms with Gasteiger partial charge in [-0.3, -0.25) is 5.41 Å². The summed E-state index contributed by atoms with van der Waals surface area (Å²) in [6.07, 6.45) is 0. The summed E-state index contributed by atoms with van der Waals surface area (Å²) in [6.45, 7) is 0. The van der Waals surface area contributed by atoms with Gasteiger partial charge in [0.15, 0.2) is 0 Å². The fraction of sp³-hybridized carbons (Fsp3) is 0.125. The van der Waals surface area contributed by atoms with Crippen LogP contribution in [0, 0.1) is 16.7 Å². The standard InChI is InChI=1S/C16H13N3O/c1-19(2)14-4-3-10-5-12-6-13(9-17)16(18)20-15(12)8-11(10)7-14/h3-8,18H,1-2H3. The van der Waals surface area contributed by atoms with Gasteiger partial charge in [-0.25, -0.2) is 0 Å². The molecule has 0 bridgehead atoms. The summed E-state index contributed by atoms with van der Waals surface area (Å²) in [5.41, 5.74) is 1.89. The lowest BCUT2D eigenvalue weighted by molar-refractivity contribution is 0.531. The van der Waals surface area contributed by atoms with Gasteiger partial charge in [0.2, 0.25) is 5.55 Å². The molecule has 0 unspecified atom stereocenters. The largest absolute Gasteiger partial charge is 0.438 e. The van der Waals surface area contributed by atoms with Crippen LogP contribution in [0.25, 0.3) is 21.7 Å². The van der Waals surface area contributed by atoms with Crippen LogP contribution in [0.15, 0.2) is 40.8 Å². The number of fused-ring (bicyclic) bond motifs is 2. The van der Waals surface area contributed by atoms with Gasteiger partial charge in [0, 0.05) is 25.2 Å². The first-order valence-corrected chi connectivity index (χ1v) is 6.22. The molecular formula is C16H13N3O. The smallest absolute Gasteiger partial charge is 0.229 e. The van der Waals surface area contributed by atoms with E-state index in [0.29, 0.717) is 5.58 Å². The van der Waals surface area contributed by atoms with Gasteiger partial charge < -0.3 is 9.32 Å². The van der Waals surface area contributed by atoms with E-state index in [1.165, 1.54) is 0 Å². The molecule has 4 nitrogen and oxygen atoms in total. The summed E-state index contributed by atoms with van der Waals surface area (Å²) in [4.78, 5) is 2.04. The highest BCUT2D eigenvalue weighted by Gasteiger charge is 2.05. The molecule has 98 valence electrons. The average molecular weight is 263 g/mol. The Balaban J connectivity index is 2.35. The summed E-state index contributed by atoms with van der Waals surface area (Å²) in [6, 6.07) is 13.7. The maximum Gasteiger partial charge on any atom is 0.229 e. The molecule has 3 rings (SSSR count). The molecule has 0 fully saturated rings. The first-order valence-electron chi connectivity index (χ1n) is 6.22. The van der Waals surface area contributed by atoms with Crippen molar-refractivity contribution in [1.82, 2.24) is 0 Å². The monoisotopic (exact) mass is 263 g/mol. The maximum absolute atomic E-state index is 8.95. The highest BCUT2D eigenvalue weighted by atomic mass is 16.3. The van der Waals surface area contributed by atoms with Gasteiger partial charge in [-0.05, 0) is 41.1 Å². The molecule has 20 heavy (non-hydrogen) atoms. The van der Waals surface area contributed by atoms with Gasteiger partial charge in [0.25, 0.3) is 0 Å². The van der Waals surface area contributed by atoms with E-state index in [0.717, 1.165) is 21.8 Å². The second kappa shape index (κ2) is 4.39. The van der Waals surface area contributed by atoms with Crippen molar-refractivity contribution in [2.75, 3.05) is 19.0 Å². The van der Waals surface area contributed by atoms with Crippen LogP contribution in [-0.2, 0) is 0 Å². The Morgan fingerprint density at radius 1 is 1.05 bits per heavy atom. The summed E-state index contributed by atoms with van der Waals surface area (Å²) >= 11 is 0. The van der Waals surface area contributed by atoms with Crippen molar-refractivity contribution in [3.8, 4) is 6.07 Å². The fourth-order valence-corrected chi connectivity index (χ4v) is 2.23. The SMILES string of the molecule is CN(C)c1ccc2cc3cc(C#N)c(=N)oc3cc2c1. The minimum atomic E-state index is -0.0943. The van der Waals surface area contributed by atoms with Crippen molar-refractivity contribution in [2.24, 2.45) is 0 Å². The molecule has 0 amide bonds. The van der Waals surface area contributed by atoms with Crippen LogP contribution in [0.4, 0.5) is 5.69 Å². The zero-order valence-corrected chi connectivity index (χ0v) is 11.3. The molecule has 1 aromatic heterocycles. The van der Waals surface area contributed by atoms with Gasteiger partial charge in [0.1, 0.15) is 17.2 Å². The summed E-state index contributed by atoms with van der Waals surface area (Å²) in [7, 11) is 3.99. The van der Waals surface area contributed by atoms with Crippen molar-refractivity contribution < 1.29 is 4.42 Å². The van der Waals surface area contributed by atoms with Crippen molar-refractivity contribution in [2.45, 2.75) is 0 Å². The van der Waals surface area contributed by atoms with Gasteiger partial charge in [-0.1, -0.05) is 6.07 Å². The normalized spacial score (nSPS) is 10.7. The lowest BCUT2D eigenvalue weighted by Crippen LogP contribution is -2.08. The molecule has 0 saturated heterocycles. The fourth-order valence-electron chi connectivity index (χ4n) is 2.23. The molecule has 0 saturated carbocycles. The van der Waals surface area contributed by atoms with Crippen molar-refractivity contribution in [3.63, 3.8) is 0 Å². The average Bonchev–Trinajstić information content (AvgIpc) is 2.43. The van der Waals surface area contributed by atoms with E-state index >= 15 is 0 Å². The Kier molecular flexibility index (Phi) is 2.69. The Morgan fingerprint density at radius 2 is 1.85 bits per heavy atom. The summed E-state index contributed by atoms with van der Waals surface area (Å²) in [5.74, 6) is 0. The molecule has 0 aliphatic heterocycles. The molecule has 0 spiro atoms. The van der Waals surface area contributed by atoms with E-state index in [-0.39, 0.29) is 11.1 Å². The molecule has 0 atom stereocenters. The predicted octanol–water partition coefficient (Wildman–Crippen LogP) is 3.00. The molecule has 1 heterocycles. The second-order valence-electron chi connectivity index (χ2n) is 4.92. The minimum absolute atomic E-state index is 0.0943. The van der Waals surface area contributed by atoms with Crippen LogP contribution >= 0.6 is 0 Å². The first-order chi connectivity index (χ1) is 9.58. The molecular weight excluding hydrogens is 250 g/mol. The number of benzene rings is 2. The number of hydrogen-bond donors (Lipinski definition) is 1. The van der Waals surface area contributed by atoms with E-state index in [1.54, 1.807) is 6.07 Å². The zero-order valence-electron chi connectivity index (χ0n) is 11.3. The molecule has 0 aliphatic rings. The maximum atomic E-state index is 8.95. The lowest BCUT2D eigenvalue weighted by Gasteiger charge is -2.13. The summed E-state index contributed by atoms with van der Waals surface area (Å²) in [5, 5.41) is 19.6. The third-order valence-electron chi connectivity index (χ3n) is 3.35. The van der Waals surface area contributed by atoms with Crippen LogP contribution in [-0.4, -0.2) is 14.1 Å². The van der Waals surface area contributed by atoms with Gasteiger partial charge in [-0.2, -0.15) is 5.26 Å². The highest BCUT2D eigenvalue weighted by Crippen LogP contribution is 2.26.